The van der Waals surface area contributed by atoms with Crippen molar-refractivity contribution in [3.05, 3.63) is 25.5 Å². The summed E-state index contributed by atoms with van der Waals surface area (Å²) in [6.45, 7) is 0. The number of methoxy groups -OCH3 is 1. The maximum Gasteiger partial charge on any atom is 0.343 e. The van der Waals surface area contributed by atoms with Crippen molar-refractivity contribution in [3.63, 3.8) is 0 Å². The number of carbonyl (C=O) groups is 1. The number of hydrogen-bond donors (Lipinski definition) is 1. The van der Waals surface area contributed by atoms with E-state index >= 15 is 0 Å². The predicted molar refractivity (Wildman–Crippen MR) is 62.6 cm³/mol. The number of halogens is 3. The molecule has 0 atom stereocenters. The summed E-state index contributed by atoms with van der Waals surface area (Å²) in [5.74, 6) is -1.47. The van der Waals surface area contributed by atoms with Gasteiger partial charge in [0.25, 0.3) is 0 Å². The quantitative estimate of drug-likeness (QED) is 0.356. The van der Waals surface area contributed by atoms with Crippen LogP contribution < -0.4 is 5.73 Å². The molecule has 3 nitrogen and oxygen atoms in total. The molecule has 1 rings (SSSR count). The molecule has 1 aromatic carbocycles. The number of hydrogen-bond acceptors (Lipinski definition) is 3. The predicted octanol–water partition coefficient (Wildman–Crippen LogP) is 2.56. The Morgan fingerprint density at radius 1 is 1.71 bits per heavy atom. The number of anilines is 1. The van der Waals surface area contributed by atoms with Gasteiger partial charge in [0, 0.05) is 4.47 Å². The largest absolute Gasteiger partial charge is 0.465 e. The molecule has 14 heavy (non-hydrogen) atoms. The van der Waals surface area contributed by atoms with Gasteiger partial charge in [0.05, 0.1) is 16.4 Å². The molecule has 0 saturated carbocycles. The Balaban J connectivity index is 3.44. The van der Waals surface area contributed by atoms with E-state index in [2.05, 4.69) is 20.7 Å². The first-order valence-corrected chi connectivity index (χ1v) is 5.37. The van der Waals surface area contributed by atoms with E-state index in [9.17, 15) is 9.18 Å². The fraction of sp³-hybridized carbons (Fsp3) is 0.125. The maximum atomic E-state index is 13.3. The van der Waals surface area contributed by atoms with Gasteiger partial charge in [-0.25, -0.2) is 9.18 Å². The summed E-state index contributed by atoms with van der Waals surface area (Å²) in [4.78, 5) is 11.2. The highest BCUT2D eigenvalue weighted by atomic mass is 127. The van der Waals surface area contributed by atoms with E-state index in [-0.39, 0.29) is 11.3 Å². The van der Waals surface area contributed by atoms with Gasteiger partial charge in [-0.1, -0.05) is 0 Å². The average molecular weight is 374 g/mol. The molecule has 0 amide bonds. The molecule has 6 heteroatoms. The number of carbonyl (C=O) groups excluding carboxylic acids is 1. The molecule has 0 saturated heterocycles. The molecule has 0 radical (unpaired) electrons. The van der Waals surface area contributed by atoms with E-state index in [0.29, 0.717) is 8.04 Å². The van der Waals surface area contributed by atoms with Gasteiger partial charge < -0.3 is 10.5 Å². The van der Waals surface area contributed by atoms with Gasteiger partial charge >= 0.3 is 5.97 Å². The standard InChI is InChI=1S/C8H6BrFINO2/c1-14-8(13)5-4(10)2-3(9)6(11)7(5)12/h2H,12H2,1H3. The molecule has 0 fully saturated rings. The van der Waals surface area contributed by atoms with Gasteiger partial charge in [-0.3, -0.25) is 0 Å². The lowest BCUT2D eigenvalue weighted by atomic mass is 10.2. The zero-order valence-electron chi connectivity index (χ0n) is 7.11. The van der Waals surface area contributed by atoms with E-state index in [1.54, 1.807) is 0 Å². The van der Waals surface area contributed by atoms with Crippen molar-refractivity contribution in [3.8, 4) is 0 Å². The van der Waals surface area contributed by atoms with Crippen molar-refractivity contribution in [1.82, 2.24) is 0 Å². The highest BCUT2D eigenvalue weighted by Gasteiger charge is 2.20. The maximum absolute atomic E-state index is 13.3. The molecule has 0 spiro atoms. The highest BCUT2D eigenvalue weighted by Crippen LogP contribution is 2.30. The minimum atomic E-state index is -0.773. The van der Waals surface area contributed by atoms with Crippen molar-refractivity contribution in [1.29, 1.82) is 0 Å². The first-order valence-electron chi connectivity index (χ1n) is 3.50. The summed E-state index contributed by atoms with van der Waals surface area (Å²) in [5, 5.41) is 0. The Bertz CT molecular complexity index is 397. The van der Waals surface area contributed by atoms with Crippen LogP contribution in [0.5, 0.6) is 0 Å². The summed E-state index contributed by atoms with van der Waals surface area (Å²) >= 11 is 5.04. The first kappa shape index (κ1) is 11.7. The molecule has 0 bridgehead atoms. The van der Waals surface area contributed by atoms with Gasteiger partial charge in [0.1, 0.15) is 11.4 Å². The van der Waals surface area contributed by atoms with Gasteiger partial charge in [-0.05, 0) is 44.6 Å². The van der Waals surface area contributed by atoms with Gasteiger partial charge in [-0.2, -0.15) is 0 Å². The van der Waals surface area contributed by atoms with Crippen molar-refractivity contribution >= 4 is 50.2 Å². The monoisotopic (exact) mass is 373 g/mol. The van der Waals surface area contributed by atoms with Crippen LogP contribution in [0.15, 0.2) is 10.5 Å². The lowest BCUT2D eigenvalue weighted by Crippen LogP contribution is -2.10. The SMILES string of the molecule is COC(=O)c1c(F)cc(Br)c(I)c1N. The zero-order chi connectivity index (χ0) is 10.9. The molecule has 0 heterocycles. The Hall–Kier alpha value is -0.370. The van der Waals surface area contributed by atoms with E-state index in [0.717, 1.165) is 0 Å². The smallest absolute Gasteiger partial charge is 0.343 e. The van der Waals surface area contributed by atoms with Crippen LogP contribution in [-0.4, -0.2) is 13.1 Å². The minimum Gasteiger partial charge on any atom is -0.465 e. The number of nitrogen functional groups attached to an aromatic ring is 1. The Labute approximate surface area is 102 Å². The van der Waals surface area contributed by atoms with Crippen LogP contribution in [0.1, 0.15) is 10.4 Å². The van der Waals surface area contributed by atoms with Crippen LogP contribution in [0.2, 0.25) is 0 Å². The summed E-state index contributed by atoms with van der Waals surface area (Å²) in [6.07, 6.45) is 0. The number of ether oxygens (including phenoxy) is 1. The normalized spacial score (nSPS) is 10.0. The van der Waals surface area contributed by atoms with Crippen molar-refractivity contribution in [2.45, 2.75) is 0 Å². The van der Waals surface area contributed by atoms with Crippen LogP contribution in [0.3, 0.4) is 0 Å². The molecule has 0 unspecified atom stereocenters. The van der Waals surface area contributed by atoms with Gasteiger partial charge in [0.15, 0.2) is 0 Å². The molecular weight excluding hydrogens is 368 g/mol. The highest BCUT2D eigenvalue weighted by molar-refractivity contribution is 14.1. The van der Waals surface area contributed by atoms with Crippen LogP contribution in [0, 0.1) is 9.39 Å². The summed E-state index contributed by atoms with van der Waals surface area (Å²) in [5.41, 5.74) is 5.45. The van der Waals surface area contributed by atoms with Crippen LogP contribution in [0.4, 0.5) is 10.1 Å². The molecule has 76 valence electrons. The number of esters is 1. The lowest BCUT2D eigenvalue weighted by molar-refractivity contribution is 0.0596. The van der Waals surface area contributed by atoms with Crippen molar-refractivity contribution in [2.24, 2.45) is 0 Å². The second-order valence-electron chi connectivity index (χ2n) is 2.43. The average Bonchev–Trinajstić information content (AvgIpc) is 2.14. The molecule has 0 aliphatic carbocycles. The third kappa shape index (κ3) is 2.00. The lowest BCUT2D eigenvalue weighted by Gasteiger charge is -2.08. The fourth-order valence-corrected chi connectivity index (χ4v) is 1.76. The topological polar surface area (TPSA) is 52.3 Å². The molecule has 0 aliphatic heterocycles. The van der Waals surface area contributed by atoms with Crippen LogP contribution in [0.25, 0.3) is 0 Å². The summed E-state index contributed by atoms with van der Waals surface area (Å²) < 4.78 is 18.8. The summed E-state index contributed by atoms with van der Waals surface area (Å²) in [7, 11) is 1.18. The second kappa shape index (κ2) is 4.43. The molecule has 0 aromatic heterocycles. The molecule has 1 aromatic rings. The number of rotatable bonds is 1. The Morgan fingerprint density at radius 3 is 2.79 bits per heavy atom. The Kier molecular flexibility index (Phi) is 3.71. The van der Waals surface area contributed by atoms with E-state index in [1.807, 2.05) is 22.6 Å². The van der Waals surface area contributed by atoms with Crippen molar-refractivity contribution < 1.29 is 13.9 Å². The summed E-state index contributed by atoms with van der Waals surface area (Å²) in [6, 6.07) is 1.18. The van der Waals surface area contributed by atoms with Crippen LogP contribution in [-0.2, 0) is 4.74 Å². The zero-order valence-corrected chi connectivity index (χ0v) is 10.8. The third-order valence-corrected chi connectivity index (χ3v) is 4.13. The Morgan fingerprint density at radius 2 is 2.29 bits per heavy atom. The molecule has 0 aliphatic rings. The van der Waals surface area contributed by atoms with E-state index in [4.69, 9.17) is 5.73 Å². The molecule has 2 N–H and O–H groups in total. The van der Waals surface area contributed by atoms with Crippen molar-refractivity contribution in [2.75, 3.05) is 12.8 Å². The first-order chi connectivity index (χ1) is 6.49. The van der Waals surface area contributed by atoms with Crippen LogP contribution >= 0.6 is 38.5 Å². The fourth-order valence-electron chi connectivity index (χ4n) is 0.923. The third-order valence-electron chi connectivity index (χ3n) is 1.60. The number of benzene rings is 1. The second-order valence-corrected chi connectivity index (χ2v) is 4.37. The minimum absolute atomic E-state index is 0.0873. The molecular formula is C8H6BrFINO2. The van der Waals surface area contributed by atoms with Gasteiger partial charge in [0.2, 0.25) is 0 Å². The van der Waals surface area contributed by atoms with Gasteiger partial charge in [-0.15, -0.1) is 0 Å². The van der Waals surface area contributed by atoms with E-state index < -0.39 is 11.8 Å². The van der Waals surface area contributed by atoms with E-state index in [1.165, 1.54) is 13.2 Å². The number of nitrogens with two attached hydrogens (primary N) is 1.